The molecule has 0 aliphatic rings. The van der Waals surface area contributed by atoms with Crippen LogP contribution in [0.2, 0.25) is 0 Å². The molecular weight excluding hydrogens is 735 g/mol. The molecule has 12 aromatic rings. The molecule has 0 spiro atoms. The van der Waals surface area contributed by atoms with Crippen molar-refractivity contribution in [3.8, 4) is 62.2 Å². The highest BCUT2D eigenvalue weighted by molar-refractivity contribution is 6.24. The molecule has 4 aromatic heterocycles. The van der Waals surface area contributed by atoms with Gasteiger partial charge in [-0.2, -0.15) is 0 Å². The van der Waals surface area contributed by atoms with Gasteiger partial charge in [0.1, 0.15) is 11.3 Å². The molecule has 4 heterocycles. The number of pyridine rings is 1. The summed E-state index contributed by atoms with van der Waals surface area (Å²) in [5.74, 6) is 1.75. The molecule has 0 aliphatic carbocycles. The van der Waals surface area contributed by atoms with Crippen molar-refractivity contribution in [1.82, 2.24) is 24.5 Å². The summed E-state index contributed by atoms with van der Waals surface area (Å²) in [6.07, 6.45) is 0. The highest BCUT2D eigenvalue weighted by atomic mass is 16.3. The SMILES string of the molecule is c1ccc(-c2nc(-c3cccc(-c4nc5cccc(-c6ccccc6)c5c5c4oc4ccccc45)c3)nc(-c3cccc(-n4c5ccccc5c5ccccc54)c3)n2)cc1. The van der Waals surface area contributed by atoms with E-state index in [0.717, 1.165) is 88.6 Å². The Hall–Kier alpha value is -8.22. The van der Waals surface area contributed by atoms with Crippen molar-refractivity contribution < 1.29 is 4.42 Å². The Bertz CT molecular complexity index is 3560. The van der Waals surface area contributed by atoms with Crippen LogP contribution in [0.5, 0.6) is 0 Å². The van der Waals surface area contributed by atoms with E-state index in [4.69, 9.17) is 24.4 Å². The van der Waals surface area contributed by atoms with Crippen molar-refractivity contribution >= 4 is 54.6 Å². The van der Waals surface area contributed by atoms with E-state index in [1.165, 1.54) is 10.8 Å². The Balaban J connectivity index is 1.04. The van der Waals surface area contributed by atoms with Gasteiger partial charge < -0.3 is 8.98 Å². The molecule has 0 atom stereocenters. The first-order valence-corrected chi connectivity index (χ1v) is 20.1. The fourth-order valence-electron chi connectivity index (χ4n) is 8.72. The van der Waals surface area contributed by atoms with Gasteiger partial charge in [0.25, 0.3) is 0 Å². The third-order valence-corrected chi connectivity index (χ3v) is 11.4. The van der Waals surface area contributed by atoms with Crippen molar-refractivity contribution in [3.05, 3.63) is 200 Å². The number of benzene rings is 8. The molecule has 60 heavy (non-hydrogen) atoms. The molecule has 280 valence electrons. The second-order valence-corrected chi connectivity index (χ2v) is 15.0. The van der Waals surface area contributed by atoms with Crippen LogP contribution in [0.3, 0.4) is 0 Å². The maximum absolute atomic E-state index is 6.73. The smallest absolute Gasteiger partial charge is 0.164 e. The van der Waals surface area contributed by atoms with Crippen LogP contribution in [-0.4, -0.2) is 24.5 Å². The molecule has 0 saturated heterocycles. The molecule has 12 rings (SSSR count). The first-order valence-electron chi connectivity index (χ1n) is 20.1. The normalized spacial score (nSPS) is 11.7. The van der Waals surface area contributed by atoms with Crippen LogP contribution in [-0.2, 0) is 0 Å². The van der Waals surface area contributed by atoms with E-state index in [0.29, 0.717) is 17.5 Å². The summed E-state index contributed by atoms with van der Waals surface area (Å²) in [5.41, 5.74) is 12.3. The summed E-state index contributed by atoms with van der Waals surface area (Å²) in [6.45, 7) is 0. The average molecular weight is 768 g/mol. The monoisotopic (exact) mass is 767 g/mol. The van der Waals surface area contributed by atoms with E-state index in [1.807, 2.05) is 54.6 Å². The van der Waals surface area contributed by atoms with E-state index >= 15 is 0 Å². The van der Waals surface area contributed by atoms with Gasteiger partial charge in [-0.15, -0.1) is 0 Å². The third-order valence-electron chi connectivity index (χ3n) is 11.4. The maximum atomic E-state index is 6.73. The molecule has 0 bridgehead atoms. The lowest BCUT2D eigenvalue weighted by Crippen LogP contribution is -2.01. The maximum Gasteiger partial charge on any atom is 0.164 e. The van der Waals surface area contributed by atoms with Crippen LogP contribution < -0.4 is 0 Å². The molecule has 0 amide bonds. The van der Waals surface area contributed by atoms with E-state index in [9.17, 15) is 0 Å². The topological polar surface area (TPSA) is 69.6 Å². The van der Waals surface area contributed by atoms with Crippen LogP contribution >= 0.6 is 0 Å². The lowest BCUT2D eigenvalue weighted by molar-refractivity contribution is 0.669. The average Bonchev–Trinajstić information content (AvgIpc) is 3.88. The standard InChI is InChI=1S/C54H33N5O/c1-3-16-34(17-4-1)40-27-15-28-44-48(40)49-43-26-9-12-31-47(43)60-51(49)50(55-44)36-20-13-21-37(32-36)53-56-52(35-18-5-2-6-19-35)57-54(58-53)38-22-14-23-39(33-38)59-45-29-10-7-24-41(45)42-25-8-11-30-46(42)59/h1-33H. The minimum Gasteiger partial charge on any atom is -0.454 e. The number of rotatable bonds is 6. The van der Waals surface area contributed by atoms with Crippen molar-refractivity contribution in [2.75, 3.05) is 0 Å². The van der Waals surface area contributed by atoms with E-state index in [2.05, 4.69) is 150 Å². The number of aromatic nitrogens is 5. The quantitative estimate of drug-likeness (QED) is 0.168. The summed E-state index contributed by atoms with van der Waals surface area (Å²) >= 11 is 0. The van der Waals surface area contributed by atoms with E-state index in [1.54, 1.807) is 0 Å². The Morgan fingerprint density at radius 1 is 0.367 bits per heavy atom. The molecule has 0 saturated carbocycles. The van der Waals surface area contributed by atoms with Gasteiger partial charge in [0.05, 0.1) is 16.6 Å². The minimum absolute atomic E-state index is 0.566. The van der Waals surface area contributed by atoms with Crippen LogP contribution in [0, 0.1) is 0 Å². The summed E-state index contributed by atoms with van der Waals surface area (Å²) in [4.78, 5) is 20.8. The molecule has 0 N–H and O–H groups in total. The van der Waals surface area contributed by atoms with Gasteiger partial charge in [0.2, 0.25) is 0 Å². The van der Waals surface area contributed by atoms with Crippen LogP contribution in [0.4, 0.5) is 0 Å². The largest absolute Gasteiger partial charge is 0.454 e. The molecule has 6 heteroatoms. The second kappa shape index (κ2) is 13.7. The van der Waals surface area contributed by atoms with E-state index < -0.39 is 0 Å². The number of fused-ring (bicyclic) bond motifs is 8. The van der Waals surface area contributed by atoms with Gasteiger partial charge in [0.15, 0.2) is 23.1 Å². The first-order chi connectivity index (χ1) is 29.7. The van der Waals surface area contributed by atoms with Gasteiger partial charge in [-0.25, -0.2) is 19.9 Å². The molecule has 6 nitrogen and oxygen atoms in total. The van der Waals surface area contributed by atoms with Crippen LogP contribution in [0.15, 0.2) is 205 Å². The predicted molar refractivity (Wildman–Crippen MR) is 244 cm³/mol. The van der Waals surface area contributed by atoms with Crippen molar-refractivity contribution in [2.45, 2.75) is 0 Å². The number of furan rings is 1. The summed E-state index contributed by atoms with van der Waals surface area (Å²) < 4.78 is 9.04. The fourth-order valence-corrected chi connectivity index (χ4v) is 8.72. The van der Waals surface area contributed by atoms with Gasteiger partial charge in [-0.3, -0.25) is 0 Å². The van der Waals surface area contributed by atoms with Crippen LogP contribution in [0.1, 0.15) is 0 Å². The molecule has 8 aromatic carbocycles. The third kappa shape index (κ3) is 5.50. The van der Waals surface area contributed by atoms with Crippen molar-refractivity contribution in [1.29, 1.82) is 0 Å². The van der Waals surface area contributed by atoms with Gasteiger partial charge in [-0.1, -0.05) is 158 Å². The predicted octanol–water partition coefficient (Wildman–Crippen LogP) is 13.8. The Labute approximate surface area is 344 Å². The zero-order chi connectivity index (χ0) is 39.6. The Morgan fingerprint density at radius 2 is 0.900 bits per heavy atom. The zero-order valence-corrected chi connectivity index (χ0v) is 32.2. The lowest BCUT2D eigenvalue weighted by atomic mass is 9.95. The second-order valence-electron chi connectivity index (χ2n) is 15.0. The summed E-state index contributed by atoms with van der Waals surface area (Å²) in [7, 11) is 0. The molecule has 0 radical (unpaired) electrons. The van der Waals surface area contributed by atoms with Gasteiger partial charge >= 0.3 is 0 Å². The first kappa shape index (κ1) is 33.9. The van der Waals surface area contributed by atoms with Crippen molar-refractivity contribution in [2.24, 2.45) is 0 Å². The highest BCUT2D eigenvalue weighted by Gasteiger charge is 2.21. The zero-order valence-electron chi connectivity index (χ0n) is 32.2. The van der Waals surface area contributed by atoms with E-state index in [-0.39, 0.29) is 0 Å². The Kier molecular flexibility index (Phi) is 7.74. The lowest BCUT2D eigenvalue weighted by Gasteiger charge is -2.13. The van der Waals surface area contributed by atoms with Crippen molar-refractivity contribution in [3.63, 3.8) is 0 Å². The highest BCUT2D eigenvalue weighted by Crippen LogP contribution is 2.43. The fraction of sp³-hybridized carbons (Fsp3) is 0. The number of hydrogen-bond acceptors (Lipinski definition) is 5. The van der Waals surface area contributed by atoms with Crippen LogP contribution in [0.25, 0.3) is 117 Å². The Morgan fingerprint density at radius 3 is 1.62 bits per heavy atom. The molecule has 0 unspecified atom stereocenters. The summed E-state index contributed by atoms with van der Waals surface area (Å²) in [6, 6.07) is 69.0. The molecule has 0 aliphatic heterocycles. The minimum atomic E-state index is 0.566. The van der Waals surface area contributed by atoms with Gasteiger partial charge in [-0.05, 0) is 53.6 Å². The summed E-state index contributed by atoms with van der Waals surface area (Å²) in [5, 5.41) is 5.60. The number of hydrogen-bond donors (Lipinski definition) is 0. The molecule has 0 fully saturated rings. The molecular formula is C54H33N5O. The van der Waals surface area contributed by atoms with Gasteiger partial charge in [0, 0.05) is 54.9 Å². The number of nitrogens with zero attached hydrogens (tertiary/aromatic N) is 5. The number of para-hydroxylation sites is 3.